The topological polar surface area (TPSA) is 0 Å². The van der Waals surface area contributed by atoms with Crippen molar-refractivity contribution in [2.24, 2.45) is 5.92 Å². The molecule has 1 heteroatoms. The molecule has 0 bridgehead atoms. The number of hydrogen-bond donors (Lipinski definition) is 0. The fraction of sp³-hybridized carbons (Fsp3) is 0.467. The van der Waals surface area contributed by atoms with Crippen molar-refractivity contribution < 1.29 is 0 Å². The quantitative estimate of drug-likeness (QED) is 0.676. The van der Waals surface area contributed by atoms with Gasteiger partial charge in [0.1, 0.15) is 8.07 Å². The smallest absolute Gasteiger partial charge is 0.0908 e. The zero-order valence-corrected chi connectivity index (χ0v) is 11.7. The summed E-state index contributed by atoms with van der Waals surface area (Å²) in [5, 5.41) is 1.56. The minimum absolute atomic E-state index is 0.829. The number of rotatable bonds is 2. The van der Waals surface area contributed by atoms with Crippen LogP contribution < -0.4 is 5.19 Å². The third-order valence-corrected chi connectivity index (χ3v) is 6.71. The lowest BCUT2D eigenvalue weighted by molar-refractivity contribution is 0.696. The molecule has 0 N–H and O–H groups in total. The number of allylic oxidation sites excluding steroid dienone is 1. The number of benzene rings is 1. The van der Waals surface area contributed by atoms with Gasteiger partial charge in [-0.05, 0) is 25.2 Å². The van der Waals surface area contributed by atoms with Gasteiger partial charge in [-0.2, -0.15) is 0 Å². The molecule has 1 aliphatic carbocycles. The van der Waals surface area contributed by atoms with Crippen LogP contribution in [0.1, 0.15) is 26.2 Å². The van der Waals surface area contributed by atoms with Crippen molar-refractivity contribution >= 4 is 13.3 Å². The van der Waals surface area contributed by atoms with Gasteiger partial charge in [-0.25, -0.2) is 0 Å². The minimum Gasteiger partial charge on any atom is -0.0908 e. The van der Waals surface area contributed by atoms with Crippen molar-refractivity contribution in [1.82, 2.24) is 0 Å². The van der Waals surface area contributed by atoms with E-state index in [4.69, 9.17) is 0 Å². The molecule has 1 aromatic rings. The van der Waals surface area contributed by atoms with Crippen molar-refractivity contribution in [1.29, 1.82) is 0 Å². The van der Waals surface area contributed by atoms with Gasteiger partial charge in [-0.1, -0.05) is 66.8 Å². The molecule has 0 spiro atoms. The molecular formula is C15H22Si. The normalized spacial score (nSPS) is 23.9. The van der Waals surface area contributed by atoms with Crippen molar-refractivity contribution in [2.45, 2.75) is 39.3 Å². The maximum Gasteiger partial charge on any atom is 0.104 e. The summed E-state index contributed by atoms with van der Waals surface area (Å²) in [6, 6.07) is 11.0. The highest BCUT2D eigenvalue weighted by Gasteiger charge is 2.24. The molecule has 0 radical (unpaired) electrons. The van der Waals surface area contributed by atoms with Crippen LogP contribution in [0.2, 0.25) is 13.1 Å². The summed E-state index contributed by atoms with van der Waals surface area (Å²) in [4.78, 5) is 0. The molecule has 1 saturated carbocycles. The zero-order valence-electron chi connectivity index (χ0n) is 10.7. The Balaban J connectivity index is 2.26. The molecule has 0 amide bonds. The second kappa shape index (κ2) is 4.58. The molecular weight excluding hydrogens is 208 g/mol. The van der Waals surface area contributed by atoms with Crippen LogP contribution in [-0.2, 0) is 0 Å². The Morgan fingerprint density at radius 1 is 1.19 bits per heavy atom. The molecule has 1 unspecified atom stereocenters. The van der Waals surface area contributed by atoms with E-state index in [9.17, 15) is 0 Å². The van der Waals surface area contributed by atoms with Gasteiger partial charge in [0.25, 0.3) is 0 Å². The van der Waals surface area contributed by atoms with E-state index >= 15 is 0 Å². The highest BCUT2D eigenvalue weighted by molar-refractivity contribution is 6.94. The van der Waals surface area contributed by atoms with Gasteiger partial charge in [-0.15, -0.1) is 0 Å². The maximum absolute atomic E-state index is 2.64. The van der Waals surface area contributed by atoms with E-state index in [1.165, 1.54) is 19.3 Å². The Hall–Kier alpha value is -0.823. The molecule has 0 heterocycles. The summed E-state index contributed by atoms with van der Waals surface area (Å²) in [5.41, 5.74) is 4.36. The lowest BCUT2D eigenvalue weighted by Gasteiger charge is -2.21. The monoisotopic (exact) mass is 230 g/mol. The SMILES string of the molecule is CC1CCC/C1=C/[Si](C)(C)c1ccccc1. The Morgan fingerprint density at radius 3 is 2.44 bits per heavy atom. The molecule has 0 saturated heterocycles. The van der Waals surface area contributed by atoms with Crippen molar-refractivity contribution in [3.63, 3.8) is 0 Å². The zero-order chi connectivity index (χ0) is 11.6. The van der Waals surface area contributed by atoms with Crippen molar-refractivity contribution in [2.75, 3.05) is 0 Å². The standard InChI is InChI=1S/C15H22Si/c1-13-8-7-9-14(13)12-16(2,3)15-10-5-4-6-11-15/h4-6,10-13H,7-9H2,1-3H3/b14-12-. The van der Waals surface area contributed by atoms with E-state index in [-0.39, 0.29) is 0 Å². The second-order valence-electron chi connectivity index (χ2n) is 5.60. The van der Waals surface area contributed by atoms with E-state index < -0.39 is 8.07 Å². The predicted molar refractivity (Wildman–Crippen MR) is 74.7 cm³/mol. The molecule has 1 atom stereocenters. The highest BCUT2D eigenvalue weighted by Crippen LogP contribution is 2.31. The molecule has 0 nitrogen and oxygen atoms in total. The lowest BCUT2D eigenvalue weighted by atomic mass is 10.1. The summed E-state index contributed by atoms with van der Waals surface area (Å²) >= 11 is 0. The fourth-order valence-corrected chi connectivity index (χ4v) is 5.25. The highest BCUT2D eigenvalue weighted by atomic mass is 28.3. The van der Waals surface area contributed by atoms with Gasteiger partial charge in [0.2, 0.25) is 0 Å². The first kappa shape index (κ1) is 11.7. The minimum atomic E-state index is -1.35. The molecule has 1 aromatic carbocycles. The summed E-state index contributed by atoms with van der Waals surface area (Å²) in [6.07, 6.45) is 4.13. The summed E-state index contributed by atoms with van der Waals surface area (Å²) < 4.78 is 0. The Kier molecular flexibility index (Phi) is 3.34. The molecule has 86 valence electrons. The van der Waals surface area contributed by atoms with Gasteiger partial charge in [0.05, 0.1) is 0 Å². The van der Waals surface area contributed by atoms with Gasteiger partial charge >= 0.3 is 0 Å². The first-order chi connectivity index (χ1) is 7.59. The van der Waals surface area contributed by atoms with E-state index in [0.717, 1.165) is 5.92 Å². The summed E-state index contributed by atoms with van der Waals surface area (Å²) in [5.74, 6) is 0.829. The van der Waals surface area contributed by atoms with Crippen LogP contribution in [0.4, 0.5) is 0 Å². The first-order valence-corrected chi connectivity index (χ1v) is 9.44. The van der Waals surface area contributed by atoms with E-state index in [1.54, 1.807) is 10.8 Å². The molecule has 1 aliphatic rings. The average Bonchev–Trinajstić information content (AvgIpc) is 2.65. The Labute approximate surface area is 100 Å². The average molecular weight is 230 g/mol. The molecule has 1 fully saturated rings. The van der Waals surface area contributed by atoms with Gasteiger partial charge in [-0.3, -0.25) is 0 Å². The van der Waals surface area contributed by atoms with Crippen LogP contribution >= 0.6 is 0 Å². The molecule has 16 heavy (non-hydrogen) atoms. The van der Waals surface area contributed by atoms with Crippen LogP contribution in [0.5, 0.6) is 0 Å². The lowest BCUT2D eigenvalue weighted by Crippen LogP contribution is -2.39. The third-order valence-electron chi connectivity index (χ3n) is 3.80. The van der Waals surface area contributed by atoms with Gasteiger partial charge in [0.15, 0.2) is 0 Å². The van der Waals surface area contributed by atoms with E-state index in [1.807, 2.05) is 0 Å². The number of hydrogen-bond acceptors (Lipinski definition) is 0. The molecule has 2 rings (SSSR count). The Morgan fingerprint density at radius 2 is 1.88 bits per heavy atom. The van der Waals surface area contributed by atoms with Crippen molar-refractivity contribution in [3.05, 3.63) is 41.6 Å². The van der Waals surface area contributed by atoms with Gasteiger partial charge < -0.3 is 0 Å². The van der Waals surface area contributed by atoms with Crippen molar-refractivity contribution in [3.8, 4) is 0 Å². The predicted octanol–water partition coefficient (Wildman–Crippen LogP) is 3.89. The molecule has 0 aliphatic heterocycles. The fourth-order valence-electron chi connectivity index (χ4n) is 2.67. The second-order valence-corrected chi connectivity index (χ2v) is 9.91. The van der Waals surface area contributed by atoms with Crippen LogP contribution in [0.25, 0.3) is 0 Å². The Bertz CT molecular complexity index is 376. The van der Waals surface area contributed by atoms with Gasteiger partial charge in [0, 0.05) is 0 Å². The first-order valence-electron chi connectivity index (χ1n) is 6.37. The summed E-state index contributed by atoms with van der Waals surface area (Å²) in [7, 11) is -1.35. The van der Waals surface area contributed by atoms with Crippen LogP contribution in [0.15, 0.2) is 41.6 Å². The molecule has 0 aromatic heterocycles. The van der Waals surface area contributed by atoms with E-state index in [0.29, 0.717) is 0 Å². The van der Waals surface area contributed by atoms with Crippen LogP contribution in [-0.4, -0.2) is 8.07 Å². The maximum atomic E-state index is 2.64. The largest absolute Gasteiger partial charge is 0.104 e. The van der Waals surface area contributed by atoms with E-state index in [2.05, 4.69) is 56.0 Å². The van der Waals surface area contributed by atoms with Crippen LogP contribution in [0, 0.1) is 5.92 Å². The van der Waals surface area contributed by atoms with Crippen LogP contribution in [0.3, 0.4) is 0 Å². The third kappa shape index (κ3) is 2.46. The summed E-state index contributed by atoms with van der Waals surface area (Å²) in [6.45, 7) is 7.30.